The number of H-pyrrole nitrogens is 1. The van der Waals surface area contributed by atoms with Crippen molar-refractivity contribution in [1.82, 2.24) is 20.2 Å². The van der Waals surface area contributed by atoms with Crippen molar-refractivity contribution in [3.63, 3.8) is 0 Å². The molecule has 5 nitrogen and oxygen atoms in total. The van der Waals surface area contributed by atoms with Crippen LogP contribution in [0, 0.1) is 0 Å². The summed E-state index contributed by atoms with van der Waals surface area (Å²) in [5.74, 6) is 0.0134. The molecule has 5 heteroatoms. The molecular formula is C12H16N4O. The number of hydrogen-bond donors (Lipinski definition) is 2. The summed E-state index contributed by atoms with van der Waals surface area (Å²) in [5, 5.41) is 3.89. The van der Waals surface area contributed by atoms with Gasteiger partial charge in [0.15, 0.2) is 0 Å². The fraction of sp³-hybridized carbons (Fsp3) is 0.333. The summed E-state index contributed by atoms with van der Waals surface area (Å²) in [5.41, 5.74) is 1.42. The highest BCUT2D eigenvalue weighted by Gasteiger charge is 2.15. The van der Waals surface area contributed by atoms with E-state index in [1.165, 1.54) is 0 Å². The molecule has 2 aromatic rings. The molecule has 0 saturated heterocycles. The number of hydrogen-bond acceptors (Lipinski definition) is 3. The third kappa shape index (κ3) is 2.29. The third-order valence-corrected chi connectivity index (χ3v) is 2.73. The lowest BCUT2D eigenvalue weighted by Gasteiger charge is -2.16. The van der Waals surface area contributed by atoms with Gasteiger partial charge in [-0.3, -0.25) is 4.79 Å². The second-order valence-corrected chi connectivity index (χ2v) is 3.93. The van der Waals surface area contributed by atoms with Crippen LogP contribution < -0.4 is 5.32 Å². The lowest BCUT2D eigenvalue weighted by molar-refractivity contribution is 0.0799. The van der Waals surface area contributed by atoms with Crippen LogP contribution in [0.3, 0.4) is 0 Å². The van der Waals surface area contributed by atoms with E-state index >= 15 is 0 Å². The molecule has 0 fully saturated rings. The molecule has 0 aromatic carbocycles. The Kier molecular flexibility index (Phi) is 3.39. The van der Waals surface area contributed by atoms with Crippen molar-refractivity contribution in [3.8, 4) is 0 Å². The number of nitrogens with zero attached hydrogens (tertiary/aromatic N) is 2. The van der Waals surface area contributed by atoms with E-state index in [2.05, 4.69) is 15.3 Å². The summed E-state index contributed by atoms with van der Waals surface area (Å²) in [6, 6.07) is 3.73. The van der Waals surface area contributed by atoms with Crippen LogP contribution in [0.1, 0.15) is 10.4 Å². The van der Waals surface area contributed by atoms with Crippen LogP contribution in [0.5, 0.6) is 0 Å². The Hall–Kier alpha value is -1.88. The number of nitrogens with one attached hydrogen (secondary N) is 2. The van der Waals surface area contributed by atoms with Gasteiger partial charge in [0, 0.05) is 37.9 Å². The topological polar surface area (TPSA) is 61.0 Å². The average Bonchev–Trinajstić information content (AvgIpc) is 2.78. The summed E-state index contributed by atoms with van der Waals surface area (Å²) >= 11 is 0. The highest BCUT2D eigenvalue weighted by molar-refractivity contribution is 6.05. The Balaban J connectivity index is 2.24. The van der Waals surface area contributed by atoms with Gasteiger partial charge in [0.25, 0.3) is 5.91 Å². The van der Waals surface area contributed by atoms with E-state index in [-0.39, 0.29) is 5.91 Å². The predicted molar refractivity (Wildman–Crippen MR) is 67.0 cm³/mol. The number of fused-ring (bicyclic) bond motifs is 1. The zero-order chi connectivity index (χ0) is 12.3. The number of aromatic amines is 1. The van der Waals surface area contributed by atoms with E-state index in [1.807, 2.05) is 19.2 Å². The van der Waals surface area contributed by atoms with Gasteiger partial charge >= 0.3 is 0 Å². The molecule has 2 heterocycles. The fourth-order valence-corrected chi connectivity index (χ4v) is 1.72. The molecule has 0 aliphatic carbocycles. The fourth-order valence-electron chi connectivity index (χ4n) is 1.72. The molecule has 1 amide bonds. The normalized spacial score (nSPS) is 10.7. The maximum absolute atomic E-state index is 12.2. The lowest BCUT2D eigenvalue weighted by Crippen LogP contribution is -2.32. The molecular weight excluding hydrogens is 216 g/mol. The van der Waals surface area contributed by atoms with Gasteiger partial charge in [-0.25, -0.2) is 4.98 Å². The van der Waals surface area contributed by atoms with E-state index in [9.17, 15) is 4.79 Å². The Morgan fingerprint density at radius 2 is 2.41 bits per heavy atom. The maximum atomic E-state index is 12.2. The Morgan fingerprint density at radius 1 is 1.59 bits per heavy atom. The zero-order valence-electron chi connectivity index (χ0n) is 10.0. The molecule has 2 N–H and O–H groups in total. The van der Waals surface area contributed by atoms with Crippen LogP contribution in [-0.2, 0) is 0 Å². The first kappa shape index (κ1) is 11.6. The van der Waals surface area contributed by atoms with Crippen LogP contribution in [-0.4, -0.2) is 48.0 Å². The van der Waals surface area contributed by atoms with Gasteiger partial charge in [-0.2, -0.15) is 0 Å². The molecule has 0 atom stereocenters. The van der Waals surface area contributed by atoms with Gasteiger partial charge in [-0.1, -0.05) is 0 Å². The summed E-state index contributed by atoms with van der Waals surface area (Å²) in [6.45, 7) is 1.46. The first-order valence-corrected chi connectivity index (χ1v) is 5.56. The van der Waals surface area contributed by atoms with Gasteiger partial charge in [0.1, 0.15) is 5.65 Å². The highest BCUT2D eigenvalue weighted by atomic mass is 16.2. The number of carbonyl (C=O) groups excluding carboxylic acids is 1. The molecule has 2 aromatic heterocycles. The molecule has 0 bridgehead atoms. The minimum Gasteiger partial charge on any atom is -0.345 e. The SMILES string of the molecule is CNCCN(C)C(=O)c1c[nH]c2ncccc12. The lowest BCUT2D eigenvalue weighted by atomic mass is 10.2. The molecule has 0 aliphatic rings. The minimum atomic E-state index is 0.0134. The van der Waals surface area contributed by atoms with Gasteiger partial charge in [-0.05, 0) is 19.2 Å². The maximum Gasteiger partial charge on any atom is 0.255 e. The zero-order valence-corrected chi connectivity index (χ0v) is 10.0. The molecule has 0 unspecified atom stereocenters. The number of pyridine rings is 1. The first-order valence-electron chi connectivity index (χ1n) is 5.56. The van der Waals surface area contributed by atoms with Gasteiger partial charge < -0.3 is 15.2 Å². The quantitative estimate of drug-likeness (QED) is 0.821. The Labute approximate surface area is 99.8 Å². The van der Waals surface area contributed by atoms with Crippen molar-refractivity contribution < 1.29 is 4.79 Å². The second kappa shape index (κ2) is 4.97. The Morgan fingerprint density at radius 3 is 3.18 bits per heavy atom. The molecule has 0 saturated carbocycles. The van der Waals surface area contributed by atoms with Gasteiger partial charge in [-0.15, -0.1) is 0 Å². The number of carbonyl (C=O) groups is 1. The van der Waals surface area contributed by atoms with Crippen molar-refractivity contribution in [2.45, 2.75) is 0 Å². The molecule has 2 rings (SSSR count). The number of aromatic nitrogens is 2. The van der Waals surface area contributed by atoms with E-state index in [4.69, 9.17) is 0 Å². The monoisotopic (exact) mass is 232 g/mol. The van der Waals surface area contributed by atoms with E-state index in [0.29, 0.717) is 12.1 Å². The van der Waals surface area contributed by atoms with Crippen LogP contribution in [0.25, 0.3) is 11.0 Å². The van der Waals surface area contributed by atoms with Crippen LogP contribution in [0.15, 0.2) is 24.5 Å². The second-order valence-electron chi connectivity index (χ2n) is 3.93. The van der Waals surface area contributed by atoms with Crippen LogP contribution >= 0.6 is 0 Å². The number of amides is 1. The molecule has 17 heavy (non-hydrogen) atoms. The van der Waals surface area contributed by atoms with Gasteiger partial charge in [0.2, 0.25) is 0 Å². The largest absolute Gasteiger partial charge is 0.345 e. The smallest absolute Gasteiger partial charge is 0.255 e. The van der Waals surface area contributed by atoms with Crippen molar-refractivity contribution in [2.75, 3.05) is 27.2 Å². The van der Waals surface area contributed by atoms with E-state index < -0.39 is 0 Å². The van der Waals surface area contributed by atoms with Crippen molar-refractivity contribution in [3.05, 3.63) is 30.1 Å². The summed E-state index contributed by atoms with van der Waals surface area (Å²) in [4.78, 5) is 21.0. The van der Waals surface area contributed by atoms with Crippen molar-refractivity contribution >= 4 is 16.9 Å². The molecule has 0 spiro atoms. The average molecular weight is 232 g/mol. The van der Waals surface area contributed by atoms with Gasteiger partial charge in [0.05, 0.1) is 5.56 Å². The summed E-state index contributed by atoms with van der Waals surface area (Å²) in [7, 11) is 3.67. The first-order chi connectivity index (χ1) is 8.24. The third-order valence-electron chi connectivity index (χ3n) is 2.73. The van der Waals surface area contributed by atoms with E-state index in [1.54, 1.807) is 24.3 Å². The molecule has 90 valence electrons. The number of rotatable bonds is 4. The molecule has 0 radical (unpaired) electrons. The van der Waals surface area contributed by atoms with Crippen molar-refractivity contribution in [2.24, 2.45) is 0 Å². The summed E-state index contributed by atoms with van der Waals surface area (Å²) < 4.78 is 0. The van der Waals surface area contributed by atoms with Crippen LogP contribution in [0.2, 0.25) is 0 Å². The molecule has 0 aliphatic heterocycles. The highest BCUT2D eigenvalue weighted by Crippen LogP contribution is 2.16. The standard InChI is InChI=1S/C12H16N4O/c1-13-6-7-16(2)12(17)10-8-15-11-9(10)4-3-5-14-11/h3-5,8,13H,6-7H2,1-2H3,(H,14,15). The Bertz CT molecular complexity index is 520. The predicted octanol–water partition coefficient (Wildman–Crippen LogP) is 0.854. The minimum absolute atomic E-state index is 0.0134. The van der Waals surface area contributed by atoms with Crippen molar-refractivity contribution in [1.29, 1.82) is 0 Å². The summed E-state index contributed by atoms with van der Waals surface area (Å²) in [6.07, 6.45) is 3.42. The van der Waals surface area contributed by atoms with Crippen LogP contribution in [0.4, 0.5) is 0 Å². The van der Waals surface area contributed by atoms with E-state index in [0.717, 1.165) is 17.6 Å². The number of likely N-dealkylation sites (N-methyl/N-ethyl adjacent to an activating group) is 2.